The van der Waals surface area contributed by atoms with Gasteiger partial charge in [-0.25, -0.2) is 0 Å². The molecule has 0 aromatic carbocycles. The molecule has 0 radical (unpaired) electrons. The maximum Gasteiger partial charge on any atom is 0.0445 e. The van der Waals surface area contributed by atoms with Gasteiger partial charge in [0.15, 0.2) is 0 Å². The van der Waals surface area contributed by atoms with E-state index < -0.39 is 0 Å². The first-order valence-corrected chi connectivity index (χ1v) is 8.13. The average molecular weight is 290 g/mol. The number of likely N-dealkylation sites (N-methyl/N-ethyl adjacent to an activating group) is 1. The van der Waals surface area contributed by atoms with Crippen molar-refractivity contribution in [1.29, 1.82) is 0 Å². The van der Waals surface area contributed by atoms with Gasteiger partial charge in [-0.2, -0.15) is 0 Å². The number of hydrogen-bond donors (Lipinski definition) is 1. The fourth-order valence-electron chi connectivity index (χ4n) is 3.10. The third-order valence-corrected chi connectivity index (χ3v) is 4.01. The molecule has 4 heteroatoms. The largest absolute Gasteiger partial charge is 0.367 e. The second-order valence-electron chi connectivity index (χ2n) is 6.78. The van der Waals surface area contributed by atoms with Gasteiger partial charge in [0, 0.05) is 49.3 Å². The van der Waals surface area contributed by atoms with Crippen molar-refractivity contribution in [3.05, 3.63) is 24.0 Å². The first-order valence-electron chi connectivity index (χ1n) is 8.13. The number of anilines is 1. The summed E-state index contributed by atoms with van der Waals surface area (Å²) in [5, 5.41) is 3.54. The summed E-state index contributed by atoms with van der Waals surface area (Å²) in [6.45, 7) is 8.73. The fourth-order valence-corrected chi connectivity index (χ4v) is 3.10. The van der Waals surface area contributed by atoms with Gasteiger partial charge in [0.25, 0.3) is 0 Å². The summed E-state index contributed by atoms with van der Waals surface area (Å²) in [4.78, 5) is 9.19. The maximum atomic E-state index is 4.32. The Hall–Kier alpha value is -1.13. The van der Waals surface area contributed by atoms with Gasteiger partial charge in [-0.3, -0.25) is 4.98 Å². The predicted molar refractivity (Wildman–Crippen MR) is 89.7 cm³/mol. The normalized spacial score (nSPS) is 19.0. The van der Waals surface area contributed by atoms with Gasteiger partial charge in [0.1, 0.15) is 0 Å². The lowest BCUT2D eigenvalue weighted by Crippen LogP contribution is -2.38. The topological polar surface area (TPSA) is 31.4 Å². The van der Waals surface area contributed by atoms with E-state index >= 15 is 0 Å². The molecule has 1 atom stereocenters. The number of nitrogens with zero attached hydrogens (tertiary/aromatic N) is 3. The third kappa shape index (κ3) is 4.68. The summed E-state index contributed by atoms with van der Waals surface area (Å²) >= 11 is 0. The van der Waals surface area contributed by atoms with E-state index in [1.165, 1.54) is 30.6 Å². The van der Waals surface area contributed by atoms with Gasteiger partial charge in [0.2, 0.25) is 0 Å². The zero-order valence-corrected chi connectivity index (χ0v) is 14.0. The van der Waals surface area contributed by atoms with Crippen LogP contribution in [0.1, 0.15) is 32.3 Å². The standard InChI is InChI=1S/C17H30N4/c1-14(2)10-19-12-15-11-18-8-7-17(15)21-9-5-6-16(21)13-20(3)4/h7-8,11,14,16,19H,5-6,9-10,12-13H2,1-4H3. The highest BCUT2D eigenvalue weighted by Gasteiger charge is 2.26. The summed E-state index contributed by atoms with van der Waals surface area (Å²) in [6, 6.07) is 2.81. The van der Waals surface area contributed by atoms with Crippen molar-refractivity contribution in [2.75, 3.05) is 38.6 Å². The zero-order chi connectivity index (χ0) is 15.2. The molecule has 1 aromatic heterocycles. The molecule has 4 nitrogen and oxygen atoms in total. The molecule has 1 aromatic rings. The Balaban J connectivity index is 2.07. The summed E-state index contributed by atoms with van der Waals surface area (Å²) in [5.41, 5.74) is 2.69. The number of nitrogens with one attached hydrogen (secondary N) is 1. The van der Waals surface area contributed by atoms with Crippen molar-refractivity contribution in [3.63, 3.8) is 0 Å². The van der Waals surface area contributed by atoms with Crippen LogP contribution in [-0.4, -0.2) is 49.7 Å². The highest BCUT2D eigenvalue weighted by Crippen LogP contribution is 2.28. The Labute approximate surface area is 129 Å². The van der Waals surface area contributed by atoms with Crippen molar-refractivity contribution in [2.45, 2.75) is 39.3 Å². The predicted octanol–water partition coefficient (Wildman–Crippen LogP) is 2.36. The molecule has 1 unspecified atom stereocenters. The van der Waals surface area contributed by atoms with E-state index in [9.17, 15) is 0 Å². The van der Waals surface area contributed by atoms with Crippen LogP contribution in [0.5, 0.6) is 0 Å². The minimum Gasteiger partial charge on any atom is -0.367 e. The lowest BCUT2D eigenvalue weighted by Gasteiger charge is -2.30. The summed E-state index contributed by atoms with van der Waals surface area (Å²) in [5.74, 6) is 0.679. The molecule has 0 aliphatic carbocycles. The molecule has 2 heterocycles. The summed E-state index contributed by atoms with van der Waals surface area (Å²) in [6.07, 6.45) is 6.53. The monoisotopic (exact) mass is 290 g/mol. The van der Waals surface area contributed by atoms with Crippen molar-refractivity contribution < 1.29 is 0 Å². The van der Waals surface area contributed by atoms with E-state index in [0.717, 1.165) is 19.6 Å². The Morgan fingerprint density at radius 1 is 1.43 bits per heavy atom. The van der Waals surface area contributed by atoms with E-state index in [-0.39, 0.29) is 0 Å². The fraction of sp³-hybridized carbons (Fsp3) is 0.706. The molecular weight excluding hydrogens is 260 g/mol. The maximum absolute atomic E-state index is 4.32. The van der Waals surface area contributed by atoms with Crippen molar-refractivity contribution in [3.8, 4) is 0 Å². The van der Waals surface area contributed by atoms with Gasteiger partial charge in [-0.05, 0) is 45.5 Å². The van der Waals surface area contributed by atoms with Crippen molar-refractivity contribution >= 4 is 5.69 Å². The van der Waals surface area contributed by atoms with Gasteiger partial charge in [-0.1, -0.05) is 13.8 Å². The lowest BCUT2D eigenvalue weighted by molar-refractivity contribution is 0.372. The molecule has 21 heavy (non-hydrogen) atoms. The smallest absolute Gasteiger partial charge is 0.0445 e. The molecule has 118 valence electrons. The van der Waals surface area contributed by atoms with E-state index in [1.54, 1.807) is 0 Å². The molecule has 1 fully saturated rings. The SMILES string of the molecule is CC(C)CNCc1cnccc1N1CCCC1CN(C)C. The molecule has 1 aliphatic heterocycles. The van der Waals surface area contributed by atoms with Crippen LogP contribution < -0.4 is 10.2 Å². The first-order chi connectivity index (χ1) is 10.1. The number of aromatic nitrogens is 1. The van der Waals surface area contributed by atoms with Crippen LogP contribution in [0.4, 0.5) is 5.69 Å². The summed E-state index contributed by atoms with van der Waals surface area (Å²) < 4.78 is 0. The highest BCUT2D eigenvalue weighted by molar-refractivity contribution is 5.54. The number of pyridine rings is 1. The third-order valence-electron chi connectivity index (χ3n) is 4.01. The second kappa shape index (κ2) is 7.76. The van der Waals surface area contributed by atoms with Crippen LogP contribution in [0.2, 0.25) is 0 Å². The van der Waals surface area contributed by atoms with Crippen molar-refractivity contribution in [1.82, 2.24) is 15.2 Å². The Morgan fingerprint density at radius 2 is 2.24 bits per heavy atom. The van der Waals surface area contributed by atoms with Crippen LogP contribution in [0.3, 0.4) is 0 Å². The highest BCUT2D eigenvalue weighted by atomic mass is 15.2. The van der Waals surface area contributed by atoms with E-state index in [2.05, 4.69) is 54.1 Å². The van der Waals surface area contributed by atoms with Gasteiger partial charge < -0.3 is 15.1 Å². The summed E-state index contributed by atoms with van der Waals surface area (Å²) in [7, 11) is 4.32. The van der Waals surface area contributed by atoms with Crippen LogP contribution in [0.25, 0.3) is 0 Å². The Morgan fingerprint density at radius 3 is 2.95 bits per heavy atom. The quantitative estimate of drug-likeness (QED) is 0.835. The van der Waals surface area contributed by atoms with E-state index in [0.29, 0.717) is 12.0 Å². The Kier molecular flexibility index (Phi) is 6.00. The molecular formula is C17H30N4. The molecule has 0 saturated carbocycles. The molecule has 0 amide bonds. The number of hydrogen-bond acceptors (Lipinski definition) is 4. The average Bonchev–Trinajstić information content (AvgIpc) is 2.86. The van der Waals surface area contributed by atoms with Crippen molar-refractivity contribution in [2.24, 2.45) is 5.92 Å². The van der Waals surface area contributed by atoms with Crippen LogP contribution in [0.15, 0.2) is 18.5 Å². The molecule has 1 saturated heterocycles. The lowest BCUT2D eigenvalue weighted by atomic mass is 10.1. The molecule has 2 rings (SSSR count). The molecule has 0 spiro atoms. The minimum atomic E-state index is 0.631. The second-order valence-corrected chi connectivity index (χ2v) is 6.78. The van der Waals surface area contributed by atoms with Gasteiger partial charge >= 0.3 is 0 Å². The molecule has 1 N–H and O–H groups in total. The Bertz CT molecular complexity index is 431. The van der Waals surface area contributed by atoms with E-state index in [1.807, 2.05) is 12.4 Å². The zero-order valence-electron chi connectivity index (χ0n) is 14.0. The molecule has 1 aliphatic rings. The van der Waals surface area contributed by atoms with Crippen LogP contribution in [-0.2, 0) is 6.54 Å². The first kappa shape index (κ1) is 16.2. The minimum absolute atomic E-state index is 0.631. The van der Waals surface area contributed by atoms with Gasteiger partial charge in [0.05, 0.1) is 0 Å². The number of rotatable bonds is 7. The van der Waals surface area contributed by atoms with E-state index in [4.69, 9.17) is 0 Å². The van der Waals surface area contributed by atoms with Crippen LogP contribution >= 0.6 is 0 Å². The molecule has 0 bridgehead atoms. The van der Waals surface area contributed by atoms with Gasteiger partial charge in [-0.15, -0.1) is 0 Å². The van der Waals surface area contributed by atoms with Crippen LogP contribution in [0, 0.1) is 5.92 Å².